The molecule has 3 aliphatic carbocycles. The van der Waals surface area contributed by atoms with Gasteiger partial charge in [0.15, 0.2) is 34.7 Å². The first-order valence-electron chi connectivity index (χ1n) is 21.4. The number of amides is 2. The van der Waals surface area contributed by atoms with Crippen LogP contribution in [0.3, 0.4) is 0 Å². The maximum Gasteiger partial charge on any atom is 0.255 e. The third-order valence-electron chi connectivity index (χ3n) is 12.3. The number of rotatable bonds is 8. The lowest BCUT2D eigenvalue weighted by Gasteiger charge is -2.27. The van der Waals surface area contributed by atoms with Gasteiger partial charge in [0.25, 0.3) is 11.8 Å². The highest BCUT2D eigenvalue weighted by Gasteiger charge is 2.39. The van der Waals surface area contributed by atoms with Crippen molar-refractivity contribution in [3.63, 3.8) is 0 Å². The highest BCUT2D eigenvalue weighted by molar-refractivity contribution is 6.35. The quantitative estimate of drug-likeness (QED) is 0.114. The second-order valence-corrected chi connectivity index (χ2v) is 16.2. The first kappa shape index (κ1) is 41.1. The summed E-state index contributed by atoms with van der Waals surface area (Å²) in [5, 5.41) is 12.0. The predicted molar refractivity (Wildman–Crippen MR) is 255 cm³/mol. The summed E-state index contributed by atoms with van der Waals surface area (Å²) >= 11 is 0. The zero-order valence-corrected chi connectivity index (χ0v) is 35.4. The lowest BCUT2D eigenvalue weighted by atomic mass is 9.80. The maximum absolute atomic E-state index is 14.7. The van der Waals surface area contributed by atoms with Gasteiger partial charge in [-0.1, -0.05) is 109 Å². The first-order chi connectivity index (χ1) is 33.1. The SMILES string of the molecule is O=C(Nc1ccc(Nc2ccc(Nc3ccc(NC(=O)c4ccccc4)c4c3C(=O)c3ccccc3C4=O)c3c2C(=O)c2ccccc2C3=O)c2c1C(=O)c1ccccc1C2=O)c1ccccc1. The van der Waals surface area contributed by atoms with Crippen molar-refractivity contribution >= 4 is 80.6 Å². The molecule has 0 saturated heterocycles. The number of benzene rings is 8. The molecule has 0 radical (unpaired) electrons. The van der Waals surface area contributed by atoms with E-state index < -0.39 is 46.5 Å². The van der Waals surface area contributed by atoms with Gasteiger partial charge < -0.3 is 21.3 Å². The van der Waals surface area contributed by atoms with Crippen LogP contribution in [0.4, 0.5) is 34.1 Å². The first-order valence-corrected chi connectivity index (χ1v) is 21.4. The van der Waals surface area contributed by atoms with Crippen molar-refractivity contribution in [2.75, 3.05) is 21.3 Å². The molecule has 0 aliphatic heterocycles. The number of carbonyl (C=O) groups excluding carboxylic acids is 8. The molecule has 324 valence electrons. The number of carbonyl (C=O) groups is 8. The van der Waals surface area contributed by atoms with Crippen LogP contribution < -0.4 is 21.3 Å². The molecule has 12 nitrogen and oxygen atoms in total. The van der Waals surface area contributed by atoms with Gasteiger partial charge in [0, 0.05) is 44.5 Å². The van der Waals surface area contributed by atoms with Crippen LogP contribution in [0.15, 0.2) is 170 Å². The number of fused-ring (bicyclic) bond motifs is 6. The van der Waals surface area contributed by atoms with Crippen LogP contribution in [0.5, 0.6) is 0 Å². The molecule has 8 aromatic rings. The second-order valence-electron chi connectivity index (χ2n) is 16.2. The summed E-state index contributed by atoms with van der Waals surface area (Å²) < 4.78 is 0. The van der Waals surface area contributed by atoms with Gasteiger partial charge in [0.1, 0.15) is 0 Å². The molecule has 3 aliphatic rings. The van der Waals surface area contributed by atoms with E-state index in [-0.39, 0.29) is 101 Å². The summed E-state index contributed by atoms with van der Waals surface area (Å²) in [5.74, 6) is -4.11. The molecule has 0 heterocycles. The molecule has 0 atom stereocenters. The Morgan fingerprint density at radius 3 is 0.706 bits per heavy atom. The van der Waals surface area contributed by atoms with E-state index in [9.17, 15) is 38.4 Å². The van der Waals surface area contributed by atoms with Crippen molar-refractivity contribution in [1.82, 2.24) is 0 Å². The van der Waals surface area contributed by atoms with Crippen LogP contribution >= 0.6 is 0 Å². The van der Waals surface area contributed by atoms with Crippen molar-refractivity contribution < 1.29 is 38.4 Å². The number of hydrogen-bond donors (Lipinski definition) is 4. The molecule has 4 N–H and O–H groups in total. The Morgan fingerprint density at radius 2 is 0.456 bits per heavy atom. The van der Waals surface area contributed by atoms with E-state index in [1.165, 1.54) is 48.5 Å². The zero-order chi connectivity index (χ0) is 46.8. The van der Waals surface area contributed by atoms with Gasteiger partial charge in [-0.2, -0.15) is 0 Å². The normalized spacial score (nSPS) is 13.0. The molecule has 2 amide bonds. The highest BCUT2D eigenvalue weighted by atomic mass is 16.2. The summed E-state index contributed by atoms with van der Waals surface area (Å²) in [6.07, 6.45) is 0. The van der Waals surface area contributed by atoms with E-state index in [4.69, 9.17) is 0 Å². The molecule has 0 spiro atoms. The van der Waals surface area contributed by atoms with Crippen molar-refractivity contribution in [3.05, 3.63) is 248 Å². The average Bonchev–Trinajstić information content (AvgIpc) is 3.38. The zero-order valence-electron chi connectivity index (χ0n) is 35.4. The average molecular weight is 889 g/mol. The van der Waals surface area contributed by atoms with E-state index in [2.05, 4.69) is 21.3 Å². The molecule has 0 aromatic heterocycles. The molecule has 11 rings (SSSR count). The van der Waals surface area contributed by atoms with Crippen molar-refractivity contribution in [1.29, 1.82) is 0 Å². The Balaban J connectivity index is 1.05. The van der Waals surface area contributed by atoms with Gasteiger partial charge in [-0.05, 0) is 60.7 Å². The van der Waals surface area contributed by atoms with Gasteiger partial charge in [-0.15, -0.1) is 0 Å². The smallest absolute Gasteiger partial charge is 0.255 e. The van der Waals surface area contributed by atoms with Crippen LogP contribution in [-0.2, 0) is 0 Å². The van der Waals surface area contributed by atoms with Crippen LogP contribution in [0.25, 0.3) is 0 Å². The molecule has 0 saturated carbocycles. The third-order valence-corrected chi connectivity index (χ3v) is 12.3. The number of anilines is 6. The second kappa shape index (κ2) is 16.1. The standard InChI is InChI=1S/C56H32N4O8/c61-49-31-17-7-8-18-32(31)50(62)44-38(58-40-26-28-42(60-56(68)30-15-5-2-6-16-30)48-46(40)52(64)34-20-10-12-22-36(34)54(48)66)24-23-37(43(44)49)57-39-25-27-41(59-55(67)29-13-3-1-4-14-29)47-45(39)51(63)33-19-9-11-21-35(33)53(47)65/h1-28,57-58H,(H,59,67)(H,60,68). The molecule has 0 bridgehead atoms. The molecule has 12 heteroatoms. The summed E-state index contributed by atoms with van der Waals surface area (Å²) in [6.45, 7) is 0. The predicted octanol–water partition coefficient (Wildman–Crippen LogP) is 10.0. The van der Waals surface area contributed by atoms with Crippen molar-refractivity contribution in [3.8, 4) is 0 Å². The van der Waals surface area contributed by atoms with E-state index in [0.29, 0.717) is 11.1 Å². The largest absolute Gasteiger partial charge is 0.354 e. The van der Waals surface area contributed by atoms with E-state index in [1.807, 2.05) is 0 Å². The fraction of sp³-hybridized carbons (Fsp3) is 0. The summed E-state index contributed by atoms with van der Waals surface area (Å²) in [7, 11) is 0. The fourth-order valence-corrected chi connectivity index (χ4v) is 9.15. The Hall–Kier alpha value is -9.68. The topological polar surface area (TPSA) is 185 Å². The van der Waals surface area contributed by atoms with Gasteiger partial charge in [0.2, 0.25) is 0 Å². The minimum Gasteiger partial charge on any atom is -0.354 e. The highest BCUT2D eigenvalue weighted by Crippen LogP contribution is 2.44. The molecular formula is C56H32N4O8. The summed E-state index contributed by atoms with van der Waals surface area (Å²) in [6, 6.07) is 45.0. The summed E-state index contributed by atoms with van der Waals surface area (Å²) in [5.41, 5.74) is 1.79. The van der Waals surface area contributed by atoms with Crippen LogP contribution in [0.1, 0.15) is 116 Å². The van der Waals surface area contributed by atoms with Crippen molar-refractivity contribution in [2.45, 2.75) is 0 Å². The minimum absolute atomic E-state index is 0.0555. The van der Waals surface area contributed by atoms with Crippen LogP contribution in [0, 0.1) is 0 Å². The third kappa shape index (κ3) is 6.54. The van der Waals surface area contributed by atoms with E-state index in [0.717, 1.165) is 0 Å². The Morgan fingerprint density at radius 1 is 0.250 bits per heavy atom. The van der Waals surface area contributed by atoms with Crippen LogP contribution in [-0.4, -0.2) is 46.5 Å². The molecule has 0 fully saturated rings. The molecule has 68 heavy (non-hydrogen) atoms. The molecule has 0 unspecified atom stereocenters. The molecule has 8 aromatic carbocycles. The van der Waals surface area contributed by atoms with Gasteiger partial charge >= 0.3 is 0 Å². The fourth-order valence-electron chi connectivity index (χ4n) is 9.15. The van der Waals surface area contributed by atoms with Crippen molar-refractivity contribution in [2.24, 2.45) is 0 Å². The minimum atomic E-state index is -0.532. The van der Waals surface area contributed by atoms with Gasteiger partial charge in [-0.25, -0.2) is 0 Å². The lowest BCUT2D eigenvalue weighted by Crippen LogP contribution is -2.26. The number of ketones is 6. The van der Waals surface area contributed by atoms with E-state index in [1.54, 1.807) is 121 Å². The Labute approximate surface area is 386 Å². The number of hydrogen-bond acceptors (Lipinski definition) is 10. The van der Waals surface area contributed by atoms with Gasteiger partial charge in [-0.3, -0.25) is 38.4 Å². The molecular weight excluding hydrogens is 857 g/mol. The maximum atomic E-state index is 14.7. The Kier molecular flexibility index (Phi) is 9.71. The van der Waals surface area contributed by atoms with E-state index >= 15 is 0 Å². The van der Waals surface area contributed by atoms with Gasteiger partial charge in [0.05, 0.1) is 67.5 Å². The Bertz CT molecular complexity index is 3380. The van der Waals surface area contributed by atoms with Crippen LogP contribution in [0.2, 0.25) is 0 Å². The monoisotopic (exact) mass is 888 g/mol. The lowest BCUT2D eigenvalue weighted by molar-refractivity contribution is 0.0978. The summed E-state index contributed by atoms with van der Waals surface area (Å²) in [4.78, 5) is 114. The number of nitrogens with one attached hydrogen (secondary N) is 4.